The van der Waals surface area contributed by atoms with Crippen LogP contribution in [0.2, 0.25) is 5.15 Å². The molecule has 1 saturated heterocycles. The number of rotatable bonds is 3. The highest BCUT2D eigenvalue weighted by molar-refractivity contribution is 7.90. The largest absolute Gasteiger partial charge is 0.379 e. The van der Waals surface area contributed by atoms with Gasteiger partial charge in [-0.15, -0.1) is 0 Å². The zero-order valence-electron chi connectivity index (χ0n) is 9.89. The summed E-state index contributed by atoms with van der Waals surface area (Å²) >= 11 is 5.79. The number of halogens is 1. The minimum atomic E-state index is -3.55. The standard InChI is InChI=1S/C10H14ClN3O3S/c1-8-6-9(7-12-10(8)11)13-18(15,16)14-2-4-17-5-3-14/h6-7,13H,2-5H2,1H3. The van der Waals surface area contributed by atoms with Crippen molar-refractivity contribution in [2.24, 2.45) is 0 Å². The van der Waals surface area contributed by atoms with Crippen LogP contribution in [0.3, 0.4) is 0 Å². The molecule has 1 N–H and O–H groups in total. The molecule has 1 aromatic rings. The third-order valence-corrected chi connectivity index (χ3v) is 4.51. The summed E-state index contributed by atoms with van der Waals surface area (Å²) in [5.74, 6) is 0. The fraction of sp³-hybridized carbons (Fsp3) is 0.500. The molecule has 0 radical (unpaired) electrons. The summed E-state index contributed by atoms with van der Waals surface area (Å²) in [7, 11) is -3.55. The predicted octanol–water partition coefficient (Wildman–Crippen LogP) is 1.03. The zero-order valence-corrected chi connectivity index (χ0v) is 11.5. The normalized spacial score (nSPS) is 17.7. The molecule has 2 rings (SSSR count). The van der Waals surface area contributed by atoms with Crippen molar-refractivity contribution in [2.75, 3.05) is 31.0 Å². The summed E-state index contributed by atoms with van der Waals surface area (Å²) < 4.78 is 33.0. The molecule has 0 spiro atoms. The number of aromatic nitrogens is 1. The first-order valence-electron chi connectivity index (χ1n) is 5.47. The summed E-state index contributed by atoms with van der Waals surface area (Å²) in [6, 6.07) is 1.65. The van der Waals surface area contributed by atoms with Gasteiger partial charge in [0.2, 0.25) is 0 Å². The quantitative estimate of drug-likeness (QED) is 0.845. The van der Waals surface area contributed by atoms with Crippen LogP contribution in [0, 0.1) is 6.92 Å². The molecule has 0 saturated carbocycles. The van der Waals surface area contributed by atoms with Crippen molar-refractivity contribution < 1.29 is 13.2 Å². The lowest BCUT2D eigenvalue weighted by atomic mass is 10.3. The summed E-state index contributed by atoms with van der Waals surface area (Å²) in [5.41, 5.74) is 1.13. The molecule has 0 aromatic carbocycles. The van der Waals surface area contributed by atoms with Crippen LogP contribution < -0.4 is 4.72 Å². The van der Waals surface area contributed by atoms with Crippen LogP contribution in [0.15, 0.2) is 12.3 Å². The van der Waals surface area contributed by atoms with E-state index in [2.05, 4.69) is 9.71 Å². The van der Waals surface area contributed by atoms with E-state index in [1.807, 2.05) is 0 Å². The lowest BCUT2D eigenvalue weighted by Crippen LogP contribution is -2.43. The molecule has 18 heavy (non-hydrogen) atoms. The number of hydrogen-bond acceptors (Lipinski definition) is 4. The molecule has 1 fully saturated rings. The van der Waals surface area contributed by atoms with Crippen molar-refractivity contribution in [3.05, 3.63) is 23.0 Å². The minimum absolute atomic E-state index is 0.356. The van der Waals surface area contributed by atoms with Gasteiger partial charge in [0.05, 0.1) is 25.1 Å². The van der Waals surface area contributed by atoms with Crippen LogP contribution in [0.4, 0.5) is 5.69 Å². The molecular formula is C10H14ClN3O3S. The average molecular weight is 292 g/mol. The van der Waals surface area contributed by atoms with Crippen LogP contribution in [-0.2, 0) is 14.9 Å². The Morgan fingerprint density at radius 1 is 1.44 bits per heavy atom. The number of pyridine rings is 1. The van der Waals surface area contributed by atoms with Gasteiger partial charge in [-0.1, -0.05) is 11.6 Å². The van der Waals surface area contributed by atoms with E-state index in [0.29, 0.717) is 37.1 Å². The fourth-order valence-corrected chi connectivity index (χ4v) is 2.89. The van der Waals surface area contributed by atoms with Gasteiger partial charge in [0, 0.05) is 13.1 Å². The highest BCUT2D eigenvalue weighted by Crippen LogP contribution is 2.18. The molecule has 0 atom stereocenters. The first kappa shape index (κ1) is 13.5. The summed E-state index contributed by atoms with van der Waals surface area (Å²) in [5, 5.41) is 0.365. The van der Waals surface area contributed by atoms with Gasteiger partial charge in [0.15, 0.2) is 0 Å². The van der Waals surface area contributed by atoms with Gasteiger partial charge in [-0.05, 0) is 18.6 Å². The molecule has 8 heteroatoms. The molecule has 0 unspecified atom stereocenters. The number of ether oxygens (including phenoxy) is 1. The third-order valence-electron chi connectivity index (χ3n) is 2.57. The van der Waals surface area contributed by atoms with E-state index in [-0.39, 0.29) is 0 Å². The predicted molar refractivity (Wildman–Crippen MR) is 68.9 cm³/mol. The van der Waals surface area contributed by atoms with E-state index >= 15 is 0 Å². The molecule has 1 aliphatic rings. The van der Waals surface area contributed by atoms with Gasteiger partial charge in [-0.2, -0.15) is 12.7 Å². The highest BCUT2D eigenvalue weighted by atomic mass is 35.5. The molecule has 0 bridgehead atoms. The second kappa shape index (κ2) is 5.40. The summed E-state index contributed by atoms with van der Waals surface area (Å²) in [6.45, 7) is 3.31. The highest BCUT2D eigenvalue weighted by Gasteiger charge is 2.24. The SMILES string of the molecule is Cc1cc(NS(=O)(=O)N2CCOCC2)cnc1Cl. The van der Waals surface area contributed by atoms with Crippen LogP contribution in [0.25, 0.3) is 0 Å². The van der Waals surface area contributed by atoms with E-state index in [4.69, 9.17) is 16.3 Å². The number of aryl methyl sites for hydroxylation is 1. The van der Waals surface area contributed by atoms with Gasteiger partial charge in [0.25, 0.3) is 0 Å². The van der Waals surface area contributed by atoms with Crippen molar-refractivity contribution in [3.63, 3.8) is 0 Å². The van der Waals surface area contributed by atoms with Crippen LogP contribution in [-0.4, -0.2) is 44.0 Å². The van der Waals surface area contributed by atoms with Gasteiger partial charge < -0.3 is 4.74 Å². The van der Waals surface area contributed by atoms with Gasteiger partial charge in [0.1, 0.15) is 5.15 Å². The summed E-state index contributed by atoms with van der Waals surface area (Å²) in [4.78, 5) is 3.90. The van der Waals surface area contributed by atoms with E-state index in [0.717, 1.165) is 5.56 Å². The Labute approximate surface area is 111 Å². The van der Waals surface area contributed by atoms with Crippen LogP contribution in [0.5, 0.6) is 0 Å². The minimum Gasteiger partial charge on any atom is -0.379 e. The molecule has 2 heterocycles. The van der Waals surface area contributed by atoms with E-state index in [1.165, 1.54) is 10.5 Å². The average Bonchev–Trinajstić information content (AvgIpc) is 2.35. The maximum Gasteiger partial charge on any atom is 0.301 e. The monoisotopic (exact) mass is 291 g/mol. The second-order valence-electron chi connectivity index (χ2n) is 3.95. The Bertz CT molecular complexity index is 529. The molecule has 100 valence electrons. The molecule has 0 amide bonds. The Kier molecular flexibility index (Phi) is 4.06. The number of nitrogens with zero attached hydrogens (tertiary/aromatic N) is 2. The van der Waals surface area contributed by atoms with Crippen molar-refractivity contribution >= 4 is 27.5 Å². The Hall–Kier alpha value is -0.890. The number of nitrogens with one attached hydrogen (secondary N) is 1. The van der Waals surface area contributed by atoms with E-state index in [9.17, 15) is 8.42 Å². The summed E-state index contributed by atoms with van der Waals surface area (Å²) in [6.07, 6.45) is 1.40. The molecule has 6 nitrogen and oxygen atoms in total. The van der Waals surface area contributed by atoms with E-state index in [1.54, 1.807) is 13.0 Å². The molecular weight excluding hydrogens is 278 g/mol. The smallest absolute Gasteiger partial charge is 0.301 e. The maximum atomic E-state index is 12.0. The Balaban J connectivity index is 2.13. The third kappa shape index (κ3) is 3.11. The Morgan fingerprint density at radius 3 is 2.72 bits per heavy atom. The van der Waals surface area contributed by atoms with Crippen molar-refractivity contribution in [3.8, 4) is 0 Å². The first-order valence-corrected chi connectivity index (χ1v) is 7.28. The number of hydrogen-bond donors (Lipinski definition) is 1. The Morgan fingerprint density at radius 2 is 2.11 bits per heavy atom. The van der Waals surface area contributed by atoms with Crippen LogP contribution in [0.1, 0.15) is 5.56 Å². The van der Waals surface area contributed by atoms with Crippen molar-refractivity contribution in [2.45, 2.75) is 6.92 Å². The first-order chi connectivity index (χ1) is 8.49. The second-order valence-corrected chi connectivity index (χ2v) is 5.98. The van der Waals surface area contributed by atoms with Crippen molar-refractivity contribution in [1.29, 1.82) is 0 Å². The fourth-order valence-electron chi connectivity index (χ4n) is 1.61. The number of morpholine rings is 1. The molecule has 1 aliphatic heterocycles. The van der Waals surface area contributed by atoms with Gasteiger partial charge >= 0.3 is 10.2 Å². The lowest BCUT2D eigenvalue weighted by molar-refractivity contribution is 0.0733. The topological polar surface area (TPSA) is 71.5 Å². The molecule has 1 aromatic heterocycles. The van der Waals surface area contributed by atoms with E-state index < -0.39 is 10.2 Å². The van der Waals surface area contributed by atoms with Crippen LogP contribution >= 0.6 is 11.6 Å². The number of anilines is 1. The van der Waals surface area contributed by atoms with Gasteiger partial charge in [-0.25, -0.2) is 4.98 Å². The van der Waals surface area contributed by atoms with Gasteiger partial charge in [-0.3, -0.25) is 4.72 Å². The zero-order chi connectivity index (χ0) is 13.2. The molecule has 0 aliphatic carbocycles. The maximum absolute atomic E-state index is 12.0. The lowest BCUT2D eigenvalue weighted by Gasteiger charge is -2.26. The van der Waals surface area contributed by atoms with Crippen molar-refractivity contribution in [1.82, 2.24) is 9.29 Å².